The summed E-state index contributed by atoms with van der Waals surface area (Å²) >= 11 is 11.8. The van der Waals surface area contributed by atoms with Crippen LogP contribution >= 0.6 is 23.2 Å². The quantitative estimate of drug-likeness (QED) is 0.884. The van der Waals surface area contributed by atoms with Gasteiger partial charge in [-0.1, -0.05) is 23.2 Å². The molecule has 1 aromatic carbocycles. The molecule has 2 heterocycles. The first-order valence-corrected chi connectivity index (χ1v) is 6.75. The second-order valence-electron chi connectivity index (χ2n) is 4.44. The lowest BCUT2D eigenvalue weighted by Crippen LogP contribution is -2.36. The molecule has 0 bridgehead atoms. The molecule has 21 heavy (non-hydrogen) atoms. The first-order valence-electron chi connectivity index (χ1n) is 5.99. The summed E-state index contributed by atoms with van der Waals surface area (Å²) in [6.45, 7) is 0. The van der Waals surface area contributed by atoms with Gasteiger partial charge in [0.05, 0.1) is 6.42 Å². The molecular weight excluding hydrogens is 317 g/mol. The minimum Gasteiger partial charge on any atom is -0.324 e. The molecule has 2 N–H and O–H groups in total. The Bertz CT molecular complexity index is 710. The zero-order chi connectivity index (χ0) is 15.0. The van der Waals surface area contributed by atoms with E-state index in [1.807, 2.05) is 0 Å². The van der Waals surface area contributed by atoms with Crippen molar-refractivity contribution in [2.75, 3.05) is 10.6 Å². The van der Waals surface area contributed by atoms with Crippen molar-refractivity contribution in [1.82, 2.24) is 14.8 Å². The summed E-state index contributed by atoms with van der Waals surface area (Å²) < 4.78 is 1.36. The topological polar surface area (TPSA) is 88.9 Å². The number of rotatable bonds is 2. The fraction of sp³-hybridized carbons (Fsp3) is 0.167. The van der Waals surface area contributed by atoms with Gasteiger partial charge in [-0.15, -0.1) is 0 Å². The van der Waals surface area contributed by atoms with E-state index in [2.05, 4.69) is 20.7 Å². The van der Waals surface area contributed by atoms with Crippen LogP contribution in [0.15, 0.2) is 24.5 Å². The van der Waals surface area contributed by atoms with Crippen LogP contribution in [0.4, 0.5) is 11.6 Å². The van der Waals surface area contributed by atoms with E-state index in [4.69, 9.17) is 23.2 Å². The lowest BCUT2D eigenvalue weighted by atomic mass is 10.1. The fourth-order valence-corrected chi connectivity index (χ4v) is 2.59. The number of carbonyl (C=O) groups is 2. The van der Waals surface area contributed by atoms with Crippen LogP contribution in [0.25, 0.3) is 0 Å². The van der Waals surface area contributed by atoms with Gasteiger partial charge in [0, 0.05) is 15.7 Å². The summed E-state index contributed by atoms with van der Waals surface area (Å²) in [5, 5.41) is 9.96. The van der Waals surface area contributed by atoms with Gasteiger partial charge < -0.3 is 5.32 Å². The van der Waals surface area contributed by atoms with Gasteiger partial charge in [0.15, 0.2) is 0 Å². The predicted octanol–water partition coefficient (Wildman–Crippen LogP) is 2.11. The Kier molecular flexibility index (Phi) is 3.52. The maximum absolute atomic E-state index is 12.3. The van der Waals surface area contributed by atoms with Crippen LogP contribution in [0.1, 0.15) is 12.5 Å². The number of hydrogen-bond donors (Lipinski definition) is 2. The molecule has 1 aliphatic rings. The van der Waals surface area contributed by atoms with E-state index in [0.29, 0.717) is 15.7 Å². The minimum atomic E-state index is -0.769. The summed E-state index contributed by atoms with van der Waals surface area (Å²) in [6.07, 6.45) is 1.26. The molecule has 2 aromatic rings. The van der Waals surface area contributed by atoms with Gasteiger partial charge in [0.1, 0.15) is 12.4 Å². The number of nitrogens with zero attached hydrogens (tertiary/aromatic N) is 3. The lowest BCUT2D eigenvalue weighted by Gasteiger charge is -2.22. The smallest absolute Gasteiger partial charge is 0.249 e. The van der Waals surface area contributed by atoms with Gasteiger partial charge in [0.2, 0.25) is 17.8 Å². The zero-order valence-corrected chi connectivity index (χ0v) is 12.0. The van der Waals surface area contributed by atoms with E-state index in [1.54, 1.807) is 18.2 Å². The maximum atomic E-state index is 12.3. The Balaban J connectivity index is 1.85. The predicted molar refractivity (Wildman–Crippen MR) is 77.4 cm³/mol. The molecule has 1 aromatic heterocycles. The van der Waals surface area contributed by atoms with Crippen molar-refractivity contribution < 1.29 is 9.59 Å². The van der Waals surface area contributed by atoms with Crippen LogP contribution in [-0.4, -0.2) is 26.6 Å². The van der Waals surface area contributed by atoms with Crippen molar-refractivity contribution in [3.05, 3.63) is 34.6 Å². The van der Waals surface area contributed by atoms with Crippen molar-refractivity contribution in [3.63, 3.8) is 0 Å². The summed E-state index contributed by atoms with van der Waals surface area (Å²) in [7, 11) is 0. The number of halogens is 2. The van der Waals surface area contributed by atoms with Crippen LogP contribution in [-0.2, 0) is 9.59 Å². The van der Waals surface area contributed by atoms with E-state index < -0.39 is 11.9 Å². The number of fused-ring (bicyclic) bond motifs is 1. The molecule has 0 saturated heterocycles. The van der Waals surface area contributed by atoms with Crippen LogP contribution < -0.4 is 10.6 Å². The highest BCUT2D eigenvalue weighted by atomic mass is 35.5. The summed E-state index contributed by atoms with van der Waals surface area (Å²) in [5.41, 5.74) is 0.449. The first-order chi connectivity index (χ1) is 10.0. The van der Waals surface area contributed by atoms with Gasteiger partial charge in [-0.05, 0) is 18.2 Å². The molecular formula is C12H9Cl2N5O2. The van der Waals surface area contributed by atoms with Gasteiger partial charge >= 0.3 is 0 Å². The monoisotopic (exact) mass is 325 g/mol. The molecule has 9 heteroatoms. The molecule has 0 fully saturated rings. The second-order valence-corrected chi connectivity index (χ2v) is 5.32. The van der Waals surface area contributed by atoms with Crippen LogP contribution in [0, 0.1) is 0 Å². The first kappa shape index (κ1) is 13.8. The normalized spacial score (nSPS) is 17.0. The summed E-state index contributed by atoms with van der Waals surface area (Å²) in [5.74, 6) is -0.440. The van der Waals surface area contributed by atoms with Gasteiger partial charge in [-0.2, -0.15) is 10.1 Å². The van der Waals surface area contributed by atoms with E-state index in [0.717, 1.165) is 0 Å². The highest BCUT2D eigenvalue weighted by molar-refractivity contribution is 6.35. The third kappa shape index (κ3) is 2.84. The minimum absolute atomic E-state index is 0.0174. The lowest BCUT2D eigenvalue weighted by molar-refractivity contribution is -0.125. The number of amides is 2. The molecule has 0 saturated carbocycles. The molecule has 108 valence electrons. The molecule has 2 amide bonds. The number of carbonyl (C=O) groups excluding carboxylic acids is 2. The average Bonchev–Trinajstić information content (AvgIpc) is 2.84. The van der Waals surface area contributed by atoms with E-state index >= 15 is 0 Å². The molecule has 0 radical (unpaired) electrons. The third-order valence-corrected chi connectivity index (χ3v) is 3.37. The van der Waals surface area contributed by atoms with Gasteiger partial charge in [0.25, 0.3) is 0 Å². The van der Waals surface area contributed by atoms with E-state index in [-0.39, 0.29) is 18.3 Å². The van der Waals surface area contributed by atoms with Crippen molar-refractivity contribution in [2.24, 2.45) is 0 Å². The summed E-state index contributed by atoms with van der Waals surface area (Å²) in [6, 6.07) is 3.92. The Hall–Kier alpha value is -2.12. The largest absolute Gasteiger partial charge is 0.324 e. The number of aromatic nitrogens is 3. The number of hydrogen-bond acceptors (Lipinski definition) is 4. The zero-order valence-electron chi connectivity index (χ0n) is 10.5. The maximum Gasteiger partial charge on any atom is 0.249 e. The molecule has 1 aliphatic heterocycles. The second kappa shape index (κ2) is 5.34. The van der Waals surface area contributed by atoms with Crippen molar-refractivity contribution in [1.29, 1.82) is 0 Å². The number of benzene rings is 1. The molecule has 0 spiro atoms. The highest BCUT2D eigenvalue weighted by Gasteiger charge is 2.31. The van der Waals surface area contributed by atoms with Crippen LogP contribution in [0.5, 0.6) is 0 Å². The van der Waals surface area contributed by atoms with Gasteiger partial charge in [-0.25, -0.2) is 4.68 Å². The SMILES string of the molecule is O=C1CC(C(=O)Nc2cc(Cl)cc(Cl)c2)n2ncnc2N1. The number of nitrogens with one attached hydrogen (secondary N) is 2. The molecule has 7 nitrogen and oxygen atoms in total. The van der Waals surface area contributed by atoms with Crippen LogP contribution in [0.3, 0.4) is 0 Å². The summed E-state index contributed by atoms with van der Waals surface area (Å²) in [4.78, 5) is 27.8. The fourth-order valence-electron chi connectivity index (χ4n) is 2.06. The molecule has 0 aliphatic carbocycles. The molecule has 3 rings (SSSR count). The number of anilines is 2. The third-order valence-electron chi connectivity index (χ3n) is 2.93. The van der Waals surface area contributed by atoms with Crippen molar-refractivity contribution >= 4 is 46.7 Å². The highest BCUT2D eigenvalue weighted by Crippen LogP contribution is 2.26. The van der Waals surface area contributed by atoms with Crippen molar-refractivity contribution in [3.8, 4) is 0 Å². The Morgan fingerprint density at radius 3 is 2.76 bits per heavy atom. The van der Waals surface area contributed by atoms with Gasteiger partial charge in [-0.3, -0.25) is 14.9 Å². The van der Waals surface area contributed by atoms with E-state index in [9.17, 15) is 9.59 Å². The Labute approximate surface area is 129 Å². The Morgan fingerprint density at radius 2 is 2.05 bits per heavy atom. The average molecular weight is 326 g/mol. The van der Waals surface area contributed by atoms with E-state index in [1.165, 1.54) is 11.0 Å². The van der Waals surface area contributed by atoms with Crippen molar-refractivity contribution in [2.45, 2.75) is 12.5 Å². The van der Waals surface area contributed by atoms with Crippen LogP contribution in [0.2, 0.25) is 10.0 Å². The molecule has 1 unspecified atom stereocenters. The standard InChI is InChI=1S/C12H9Cl2N5O2/c13-6-1-7(14)3-8(2-6)17-11(21)9-4-10(20)18-12-15-5-16-19(9)12/h1-3,5,9H,4H2,(H,17,21)(H,15,16,18,20). The Morgan fingerprint density at radius 1 is 1.33 bits per heavy atom. The molecule has 1 atom stereocenters.